The first-order chi connectivity index (χ1) is 6.59. The highest BCUT2D eigenvalue weighted by Crippen LogP contribution is 2.16. The molecular formula is C10H10FNO2. The standard InChI is InChI=1S/C10H10FNO2/c1-8(6-7-12(13)14)9-2-4-10(11)5-3-9/h2-8H,1H3/b7-6+. The van der Waals surface area contributed by atoms with Crippen LogP contribution in [0.5, 0.6) is 0 Å². The fourth-order valence-electron chi connectivity index (χ4n) is 1.08. The molecule has 4 heteroatoms. The van der Waals surface area contributed by atoms with Gasteiger partial charge in [0.1, 0.15) is 5.82 Å². The fourth-order valence-corrected chi connectivity index (χ4v) is 1.08. The summed E-state index contributed by atoms with van der Waals surface area (Å²) >= 11 is 0. The van der Waals surface area contributed by atoms with Gasteiger partial charge in [-0.25, -0.2) is 4.39 Å². The van der Waals surface area contributed by atoms with Crippen LogP contribution in [0, 0.1) is 15.9 Å². The number of nitrogens with zero attached hydrogens (tertiary/aromatic N) is 1. The van der Waals surface area contributed by atoms with E-state index in [2.05, 4.69) is 0 Å². The second-order valence-corrected chi connectivity index (χ2v) is 2.97. The van der Waals surface area contributed by atoms with Gasteiger partial charge in [0.05, 0.1) is 4.92 Å². The van der Waals surface area contributed by atoms with Gasteiger partial charge in [0.2, 0.25) is 6.20 Å². The maximum atomic E-state index is 12.5. The monoisotopic (exact) mass is 195 g/mol. The number of allylic oxidation sites excluding steroid dienone is 1. The molecule has 0 fully saturated rings. The van der Waals surface area contributed by atoms with Crippen LogP contribution in [-0.2, 0) is 0 Å². The quantitative estimate of drug-likeness (QED) is 0.549. The van der Waals surface area contributed by atoms with E-state index in [4.69, 9.17) is 0 Å². The zero-order valence-corrected chi connectivity index (χ0v) is 7.68. The topological polar surface area (TPSA) is 43.1 Å². The molecule has 0 heterocycles. The summed E-state index contributed by atoms with van der Waals surface area (Å²) in [5.41, 5.74) is 0.851. The predicted octanol–water partition coefficient (Wildman–Crippen LogP) is 2.72. The first kappa shape index (κ1) is 10.4. The molecule has 1 unspecified atom stereocenters. The third-order valence-corrected chi connectivity index (χ3v) is 1.89. The molecule has 0 N–H and O–H groups in total. The Morgan fingerprint density at radius 1 is 1.43 bits per heavy atom. The summed E-state index contributed by atoms with van der Waals surface area (Å²) in [4.78, 5) is 9.53. The van der Waals surface area contributed by atoms with Crippen molar-refractivity contribution in [1.29, 1.82) is 0 Å². The van der Waals surface area contributed by atoms with Crippen molar-refractivity contribution in [2.24, 2.45) is 0 Å². The third kappa shape index (κ3) is 2.97. The number of nitro groups is 1. The van der Waals surface area contributed by atoms with E-state index < -0.39 is 4.92 Å². The Hall–Kier alpha value is -1.71. The van der Waals surface area contributed by atoms with Gasteiger partial charge in [-0.2, -0.15) is 0 Å². The van der Waals surface area contributed by atoms with E-state index in [9.17, 15) is 14.5 Å². The van der Waals surface area contributed by atoms with Crippen LogP contribution in [0.1, 0.15) is 18.4 Å². The highest BCUT2D eigenvalue weighted by atomic mass is 19.1. The van der Waals surface area contributed by atoms with E-state index in [1.807, 2.05) is 6.92 Å². The number of halogens is 1. The van der Waals surface area contributed by atoms with Crippen molar-refractivity contribution in [3.05, 3.63) is 58.0 Å². The average Bonchev–Trinajstić information content (AvgIpc) is 2.15. The lowest BCUT2D eigenvalue weighted by molar-refractivity contribution is -0.402. The highest BCUT2D eigenvalue weighted by Gasteiger charge is 2.02. The SMILES string of the molecule is CC(/C=C/[N+](=O)[O-])c1ccc(F)cc1. The molecule has 0 amide bonds. The number of hydrogen-bond donors (Lipinski definition) is 0. The highest BCUT2D eigenvalue weighted by molar-refractivity contribution is 5.23. The Kier molecular flexibility index (Phi) is 3.34. The molecule has 0 saturated carbocycles. The van der Waals surface area contributed by atoms with Crippen LogP contribution in [-0.4, -0.2) is 4.92 Å². The van der Waals surface area contributed by atoms with Crippen LogP contribution in [0.15, 0.2) is 36.5 Å². The Labute approximate surface area is 81.0 Å². The fraction of sp³-hybridized carbons (Fsp3) is 0.200. The molecule has 1 rings (SSSR count). The summed E-state index contributed by atoms with van der Waals surface area (Å²) < 4.78 is 12.5. The van der Waals surface area contributed by atoms with Gasteiger partial charge in [0, 0.05) is 5.92 Å². The molecule has 1 aromatic rings. The lowest BCUT2D eigenvalue weighted by Crippen LogP contribution is -1.91. The molecule has 0 aliphatic heterocycles. The molecule has 0 spiro atoms. The Morgan fingerprint density at radius 2 is 2.00 bits per heavy atom. The maximum Gasteiger partial charge on any atom is 0.231 e. The van der Waals surface area contributed by atoms with E-state index >= 15 is 0 Å². The van der Waals surface area contributed by atoms with E-state index in [-0.39, 0.29) is 11.7 Å². The molecule has 0 radical (unpaired) electrons. The van der Waals surface area contributed by atoms with Gasteiger partial charge < -0.3 is 0 Å². The van der Waals surface area contributed by atoms with Crippen LogP contribution in [0.2, 0.25) is 0 Å². The first-order valence-electron chi connectivity index (χ1n) is 4.17. The third-order valence-electron chi connectivity index (χ3n) is 1.89. The maximum absolute atomic E-state index is 12.5. The lowest BCUT2D eigenvalue weighted by Gasteiger charge is -2.04. The van der Waals surface area contributed by atoms with E-state index in [0.717, 1.165) is 11.8 Å². The molecule has 0 aliphatic rings. The molecule has 0 aromatic heterocycles. The predicted molar refractivity (Wildman–Crippen MR) is 50.9 cm³/mol. The van der Waals surface area contributed by atoms with Gasteiger partial charge in [-0.15, -0.1) is 0 Å². The Bertz CT molecular complexity index is 346. The van der Waals surface area contributed by atoms with Gasteiger partial charge in [-0.3, -0.25) is 10.1 Å². The molecular weight excluding hydrogens is 185 g/mol. The van der Waals surface area contributed by atoms with Crippen LogP contribution in [0.4, 0.5) is 4.39 Å². The minimum Gasteiger partial charge on any atom is -0.259 e. The normalized spacial score (nSPS) is 13.0. The van der Waals surface area contributed by atoms with Crippen molar-refractivity contribution < 1.29 is 9.31 Å². The zero-order valence-electron chi connectivity index (χ0n) is 7.68. The summed E-state index contributed by atoms with van der Waals surface area (Å²) in [6.07, 6.45) is 2.36. The summed E-state index contributed by atoms with van der Waals surface area (Å²) in [7, 11) is 0. The minimum atomic E-state index is -0.514. The Morgan fingerprint density at radius 3 is 2.50 bits per heavy atom. The largest absolute Gasteiger partial charge is 0.259 e. The molecule has 14 heavy (non-hydrogen) atoms. The molecule has 0 aliphatic carbocycles. The van der Waals surface area contributed by atoms with Crippen molar-refractivity contribution >= 4 is 0 Å². The zero-order chi connectivity index (χ0) is 10.6. The van der Waals surface area contributed by atoms with Crippen molar-refractivity contribution in [1.82, 2.24) is 0 Å². The molecule has 1 atom stereocenters. The summed E-state index contributed by atoms with van der Waals surface area (Å²) in [6, 6.07) is 5.91. The van der Waals surface area contributed by atoms with Gasteiger partial charge in [0.25, 0.3) is 0 Å². The van der Waals surface area contributed by atoms with E-state index in [1.165, 1.54) is 18.2 Å². The van der Waals surface area contributed by atoms with Gasteiger partial charge in [0.15, 0.2) is 0 Å². The molecule has 0 saturated heterocycles. The van der Waals surface area contributed by atoms with Crippen LogP contribution >= 0.6 is 0 Å². The van der Waals surface area contributed by atoms with E-state index in [1.54, 1.807) is 12.1 Å². The van der Waals surface area contributed by atoms with Gasteiger partial charge in [-0.05, 0) is 23.8 Å². The number of benzene rings is 1. The second-order valence-electron chi connectivity index (χ2n) is 2.97. The van der Waals surface area contributed by atoms with Crippen molar-refractivity contribution in [3.8, 4) is 0 Å². The summed E-state index contributed by atoms with van der Waals surface area (Å²) in [6.45, 7) is 1.81. The van der Waals surface area contributed by atoms with Crippen molar-refractivity contribution in [2.75, 3.05) is 0 Å². The lowest BCUT2D eigenvalue weighted by atomic mass is 10.0. The smallest absolute Gasteiger partial charge is 0.231 e. The first-order valence-corrected chi connectivity index (χ1v) is 4.17. The van der Waals surface area contributed by atoms with Crippen molar-refractivity contribution in [3.63, 3.8) is 0 Å². The molecule has 3 nitrogen and oxygen atoms in total. The molecule has 0 bridgehead atoms. The second kappa shape index (κ2) is 4.50. The Balaban J connectivity index is 2.74. The van der Waals surface area contributed by atoms with Gasteiger partial charge in [-0.1, -0.05) is 19.1 Å². The molecule has 1 aromatic carbocycles. The van der Waals surface area contributed by atoms with Crippen molar-refractivity contribution in [2.45, 2.75) is 12.8 Å². The van der Waals surface area contributed by atoms with Crippen LogP contribution in [0.3, 0.4) is 0 Å². The van der Waals surface area contributed by atoms with Crippen LogP contribution < -0.4 is 0 Å². The summed E-state index contributed by atoms with van der Waals surface area (Å²) in [5.74, 6) is -0.389. The average molecular weight is 195 g/mol. The number of hydrogen-bond acceptors (Lipinski definition) is 2. The number of rotatable bonds is 3. The van der Waals surface area contributed by atoms with E-state index in [0.29, 0.717) is 0 Å². The van der Waals surface area contributed by atoms with Gasteiger partial charge >= 0.3 is 0 Å². The van der Waals surface area contributed by atoms with Crippen LogP contribution in [0.25, 0.3) is 0 Å². The summed E-state index contributed by atoms with van der Waals surface area (Å²) in [5, 5.41) is 10.0. The molecule has 74 valence electrons. The minimum absolute atomic E-state index is 0.0824.